The van der Waals surface area contributed by atoms with Gasteiger partial charge in [-0.1, -0.05) is 47.8 Å². The van der Waals surface area contributed by atoms with E-state index in [1.807, 2.05) is 5.32 Å². The fraction of sp³-hybridized carbons (Fsp3) is 0.400. The first-order valence-corrected chi connectivity index (χ1v) is 14.6. The highest BCUT2D eigenvalue weighted by Gasteiger charge is 2.40. The molecule has 1 amide bonds. The summed E-state index contributed by atoms with van der Waals surface area (Å²) in [7, 11) is -4.78. The summed E-state index contributed by atoms with van der Waals surface area (Å²) in [4.78, 5) is 12.5. The first-order valence-electron chi connectivity index (χ1n) is 11.7. The van der Waals surface area contributed by atoms with Gasteiger partial charge in [0, 0.05) is 18.0 Å². The van der Waals surface area contributed by atoms with Crippen LogP contribution >= 0.6 is 34.8 Å². The highest BCUT2D eigenvalue weighted by Crippen LogP contribution is 2.43. The van der Waals surface area contributed by atoms with E-state index >= 15 is 4.39 Å². The molecule has 0 fully saturated rings. The number of carbonyl (C=O) groups excluding carboxylic acids is 1. The molecule has 234 valence electrons. The van der Waals surface area contributed by atoms with Crippen molar-refractivity contribution in [2.45, 2.75) is 50.5 Å². The van der Waals surface area contributed by atoms with E-state index in [0.717, 1.165) is 26.0 Å². The first kappa shape index (κ1) is 36.0. The molecular weight excluding hydrogens is 672 g/mol. The number of halogens is 12. The normalized spacial score (nSPS) is 15.0. The Labute approximate surface area is 249 Å². The third-order valence-corrected chi connectivity index (χ3v) is 8.69. The zero-order chi connectivity index (χ0) is 32.4. The van der Waals surface area contributed by atoms with Gasteiger partial charge in [0.05, 0.1) is 37.9 Å². The average Bonchev–Trinajstić information content (AvgIpc) is 2.82. The number of benzene rings is 2. The summed E-state index contributed by atoms with van der Waals surface area (Å²) in [6.07, 6.45) is -10.8. The lowest BCUT2D eigenvalue weighted by Crippen LogP contribution is -2.40. The van der Waals surface area contributed by atoms with E-state index in [4.69, 9.17) is 34.8 Å². The third kappa shape index (κ3) is 9.68. The minimum absolute atomic E-state index is 0.166. The van der Waals surface area contributed by atoms with Crippen molar-refractivity contribution in [1.82, 2.24) is 5.32 Å². The molecule has 0 aliphatic heterocycles. The van der Waals surface area contributed by atoms with Gasteiger partial charge in [-0.25, -0.2) is 21.6 Å². The molecule has 2 rings (SSSR count). The van der Waals surface area contributed by atoms with Gasteiger partial charge in [0.15, 0.2) is 9.84 Å². The molecular formula is C25H21Cl3F9NO3S. The maximum atomic E-state index is 15.3. The van der Waals surface area contributed by atoms with Gasteiger partial charge in [-0.3, -0.25) is 4.79 Å². The molecule has 4 nitrogen and oxygen atoms in total. The van der Waals surface area contributed by atoms with Gasteiger partial charge in [0.25, 0.3) is 11.8 Å². The highest BCUT2D eigenvalue weighted by molar-refractivity contribution is 7.91. The summed E-state index contributed by atoms with van der Waals surface area (Å²) < 4.78 is 147. The molecule has 0 aromatic heterocycles. The number of carbonyl (C=O) groups is 1. The Morgan fingerprint density at radius 1 is 0.976 bits per heavy atom. The van der Waals surface area contributed by atoms with Crippen LogP contribution in [-0.2, 0) is 16.0 Å². The molecule has 42 heavy (non-hydrogen) atoms. The molecule has 1 N–H and O–H groups in total. The Kier molecular flexibility index (Phi) is 11.3. The minimum atomic E-state index is -5.29. The predicted octanol–water partition coefficient (Wildman–Crippen LogP) is 8.90. The molecule has 0 saturated heterocycles. The Hall–Kier alpha value is -2.16. The second-order valence-corrected chi connectivity index (χ2v) is 12.5. The van der Waals surface area contributed by atoms with Crippen LogP contribution in [0.5, 0.6) is 0 Å². The highest BCUT2D eigenvalue weighted by atomic mass is 35.5. The van der Waals surface area contributed by atoms with Crippen LogP contribution in [0.15, 0.2) is 36.4 Å². The van der Waals surface area contributed by atoms with Gasteiger partial charge in [-0.15, -0.1) is 0 Å². The van der Waals surface area contributed by atoms with Crippen LogP contribution in [0.4, 0.5) is 39.5 Å². The molecule has 0 saturated carbocycles. The van der Waals surface area contributed by atoms with Crippen molar-refractivity contribution in [3.05, 3.63) is 73.7 Å². The maximum Gasteiger partial charge on any atom is 0.417 e. The van der Waals surface area contributed by atoms with Crippen LogP contribution in [-0.4, -0.2) is 44.0 Å². The summed E-state index contributed by atoms with van der Waals surface area (Å²) in [6, 6.07) is 1.83. The summed E-state index contributed by atoms with van der Waals surface area (Å²) >= 11 is 17.6. The van der Waals surface area contributed by atoms with Crippen molar-refractivity contribution in [2.24, 2.45) is 0 Å². The van der Waals surface area contributed by atoms with Crippen LogP contribution in [0.3, 0.4) is 0 Å². The van der Waals surface area contributed by atoms with Gasteiger partial charge in [-0.05, 0) is 42.8 Å². The van der Waals surface area contributed by atoms with E-state index in [9.17, 15) is 48.3 Å². The second-order valence-electron chi connectivity index (χ2n) is 9.21. The van der Waals surface area contributed by atoms with E-state index in [1.54, 1.807) is 0 Å². The largest absolute Gasteiger partial charge is 0.417 e. The fourth-order valence-corrected chi connectivity index (χ4v) is 5.91. The minimum Gasteiger partial charge on any atom is -0.349 e. The van der Waals surface area contributed by atoms with Gasteiger partial charge >= 0.3 is 12.4 Å². The molecule has 0 bridgehead atoms. The smallest absolute Gasteiger partial charge is 0.349 e. The molecule has 2 atom stereocenters. The molecule has 2 aromatic rings. The monoisotopic (exact) mass is 691 g/mol. The number of amides is 1. The van der Waals surface area contributed by atoms with E-state index in [1.165, 1.54) is 0 Å². The number of alkyl halides is 8. The standard InChI is InChI=1S/C25H21Cl3F9NO3S/c1-3-23(30,31)16(14-7-18(26)21(28)19(27)8-14)9-20(29)13-4-5-15(17(6-13)25(35,36)37)22(39)38-12(2)10-42(40,41)11-24(32,33)34/h4-9,12,16H,3,10-11H2,1-2H3,(H,38,39)/b20-9-/t12-,16?/m1/s1. The maximum absolute atomic E-state index is 15.3. The first-order chi connectivity index (χ1) is 19.0. The zero-order valence-electron chi connectivity index (χ0n) is 21.4. The molecule has 0 spiro atoms. The van der Waals surface area contributed by atoms with Crippen molar-refractivity contribution in [3.63, 3.8) is 0 Å². The van der Waals surface area contributed by atoms with Crippen LogP contribution in [0.1, 0.15) is 53.2 Å². The average molecular weight is 693 g/mol. The summed E-state index contributed by atoms with van der Waals surface area (Å²) in [6.45, 7) is 2.04. The van der Waals surface area contributed by atoms with Gasteiger partial charge in [0.2, 0.25) is 0 Å². The lowest BCUT2D eigenvalue weighted by molar-refractivity contribution is -0.138. The lowest BCUT2D eigenvalue weighted by Gasteiger charge is -2.25. The van der Waals surface area contributed by atoms with Gasteiger partial charge in [-0.2, -0.15) is 26.3 Å². The number of hydrogen-bond acceptors (Lipinski definition) is 3. The molecule has 17 heteroatoms. The Bertz CT molecular complexity index is 1440. The van der Waals surface area contributed by atoms with Crippen LogP contribution < -0.4 is 5.32 Å². The summed E-state index contributed by atoms with van der Waals surface area (Å²) in [5.41, 5.74) is -3.98. The predicted molar refractivity (Wildman–Crippen MR) is 142 cm³/mol. The zero-order valence-corrected chi connectivity index (χ0v) is 24.5. The quantitative estimate of drug-likeness (QED) is 0.200. The van der Waals surface area contributed by atoms with E-state index in [-0.39, 0.29) is 26.7 Å². The Balaban J connectivity index is 2.50. The Morgan fingerprint density at radius 3 is 2.00 bits per heavy atom. The van der Waals surface area contributed by atoms with Crippen LogP contribution in [0, 0.1) is 0 Å². The van der Waals surface area contributed by atoms with Gasteiger partial charge < -0.3 is 5.32 Å². The van der Waals surface area contributed by atoms with Gasteiger partial charge in [0.1, 0.15) is 11.6 Å². The van der Waals surface area contributed by atoms with Crippen molar-refractivity contribution in [3.8, 4) is 0 Å². The number of hydrogen-bond donors (Lipinski definition) is 1. The van der Waals surface area contributed by atoms with Crippen LogP contribution in [0.25, 0.3) is 5.83 Å². The fourth-order valence-electron chi connectivity index (χ4n) is 3.84. The SMILES string of the molecule is CCC(F)(F)C(/C=C(\F)c1ccc(C(=O)N[C@H](C)CS(=O)(=O)CC(F)(F)F)c(C(F)(F)F)c1)c1cc(Cl)c(Cl)c(Cl)c1. The number of sulfone groups is 1. The van der Waals surface area contributed by atoms with Crippen LogP contribution in [0.2, 0.25) is 15.1 Å². The van der Waals surface area contributed by atoms with E-state index in [0.29, 0.717) is 18.2 Å². The van der Waals surface area contributed by atoms with E-state index < -0.39 is 86.4 Å². The molecule has 2 aromatic carbocycles. The number of rotatable bonds is 10. The molecule has 1 unspecified atom stereocenters. The Morgan fingerprint density at radius 2 is 1.52 bits per heavy atom. The van der Waals surface area contributed by atoms with Crippen molar-refractivity contribution < 1.29 is 52.7 Å². The van der Waals surface area contributed by atoms with Crippen molar-refractivity contribution in [1.29, 1.82) is 0 Å². The molecule has 0 radical (unpaired) electrons. The topological polar surface area (TPSA) is 63.2 Å². The summed E-state index contributed by atoms with van der Waals surface area (Å²) in [5, 5.41) is 1.23. The molecule has 0 aliphatic carbocycles. The lowest BCUT2D eigenvalue weighted by atomic mass is 9.89. The number of allylic oxidation sites excluding steroid dienone is 1. The summed E-state index contributed by atoms with van der Waals surface area (Å²) in [5.74, 6) is -12.2. The van der Waals surface area contributed by atoms with Crippen molar-refractivity contribution >= 4 is 56.4 Å². The molecule has 0 aliphatic rings. The third-order valence-electron chi connectivity index (χ3n) is 5.72. The van der Waals surface area contributed by atoms with Crippen molar-refractivity contribution in [2.75, 3.05) is 11.5 Å². The number of nitrogens with one attached hydrogen (secondary N) is 1. The molecule has 0 heterocycles. The van der Waals surface area contributed by atoms with E-state index in [2.05, 4.69) is 0 Å². The second kappa shape index (κ2) is 13.2.